The lowest BCUT2D eigenvalue weighted by atomic mass is 9.85. The van der Waals surface area contributed by atoms with Crippen molar-refractivity contribution in [2.75, 3.05) is 0 Å². The minimum Gasteiger partial charge on any atom is -0.349 e. The number of benzene rings is 1. The molecule has 0 aliphatic heterocycles. The molecule has 1 amide bonds. The second kappa shape index (κ2) is 6.20. The van der Waals surface area contributed by atoms with E-state index in [1.165, 1.54) is 5.56 Å². The maximum Gasteiger partial charge on any atom is 0.223 e. The molecule has 104 valence electrons. The highest BCUT2D eigenvalue weighted by atomic mass is 16.1. The van der Waals surface area contributed by atoms with Crippen LogP contribution in [0.2, 0.25) is 0 Å². The van der Waals surface area contributed by atoms with Gasteiger partial charge in [-0.05, 0) is 38.7 Å². The number of hydrogen-bond donors (Lipinski definition) is 2. The second-order valence-electron chi connectivity index (χ2n) is 5.76. The van der Waals surface area contributed by atoms with Crippen LogP contribution in [0.5, 0.6) is 0 Å². The summed E-state index contributed by atoms with van der Waals surface area (Å²) in [6, 6.07) is 8.56. The molecule has 1 aliphatic rings. The normalized spacial score (nSPS) is 24.8. The summed E-state index contributed by atoms with van der Waals surface area (Å²) in [5.74, 6) is 0.250. The van der Waals surface area contributed by atoms with Gasteiger partial charge in [-0.1, -0.05) is 36.2 Å². The Kier molecular flexibility index (Phi) is 4.59. The minimum atomic E-state index is 0.0613. The Labute approximate surface area is 115 Å². The third kappa shape index (κ3) is 3.80. The van der Waals surface area contributed by atoms with E-state index in [0.29, 0.717) is 0 Å². The van der Waals surface area contributed by atoms with Crippen LogP contribution in [0.1, 0.15) is 49.8 Å². The van der Waals surface area contributed by atoms with Gasteiger partial charge < -0.3 is 11.1 Å². The highest BCUT2D eigenvalue weighted by Crippen LogP contribution is 2.24. The van der Waals surface area contributed by atoms with Gasteiger partial charge in [0.25, 0.3) is 0 Å². The number of nitrogens with one attached hydrogen (secondary N) is 1. The smallest absolute Gasteiger partial charge is 0.223 e. The van der Waals surface area contributed by atoms with Crippen LogP contribution in [-0.4, -0.2) is 11.9 Å². The molecule has 1 fully saturated rings. The van der Waals surface area contributed by atoms with Gasteiger partial charge in [0.1, 0.15) is 0 Å². The van der Waals surface area contributed by atoms with E-state index in [0.717, 1.165) is 31.2 Å². The first-order valence-corrected chi connectivity index (χ1v) is 7.19. The van der Waals surface area contributed by atoms with E-state index in [9.17, 15) is 4.79 Å². The summed E-state index contributed by atoms with van der Waals surface area (Å²) in [6.45, 7) is 4.10. The molecule has 2 rings (SSSR count). The second-order valence-corrected chi connectivity index (χ2v) is 5.76. The Morgan fingerprint density at radius 2 is 2.00 bits per heavy atom. The number of rotatable bonds is 3. The molecule has 1 aromatic carbocycles. The van der Waals surface area contributed by atoms with Gasteiger partial charge in [-0.25, -0.2) is 0 Å². The van der Waals surface area contributed by atoms with Crippen LogP contribution in [0.4, 0.5) is 0 Å². The van der Waals surface area contributed by atoms with Crippen molar-refractivity contribution in [3.63, 3.8) is 0 Å². The van der Waals surface area contributed by atoms with Crippen molar-refractivity contribution in [1.82, 2.24) is 5.32 Å². The Morgan fingerprint density at radius 1 is 1.32 bits per heavy atom. The third-order valence-corrected chi connectivity index (χ3v) is 4.02. The summed E-state index contributed by atoms with van der Waals surface area (Å²) in [7, 11) is 0. The summed E-state index contributed by atoms with van der Waals surface area (Å²) >= 11 is 0. The van der Waals surface area contributed by atoms with E-state index >= 15 is 0 Å². The van der Waals surface area contributed by atoms with Crippen molar-refractivity contribution < 1.29 is 4.79 Å². The summed E-state index contributed by atoms with van der Waals surface area (Å²) in [4.78, 5) is 12.2. The molecule has 0 heterocycles. The maximum absolute atomic E-state index is 12.2. The fourth-order valence-electron chi connectivity index (χ4n) is 2.74. The zero-order chi connectivity index (χ0) is 13.8. The number of amides is 1. The van der Waals surface area contributed by atoms with Gasteiger partial charge in [-0.3, -0.25) is 4.79 Å². The van der Waals surface area contributed by atoms with E-state index in [1.54, 1.807) is 0 Å². The molecule has 2 unspecified atom stereocenters. The highest BCUT2D eigenvalue weighted by Gasteiger charge is 2.26. The quantitative estimate of drug-likeness (QED) is 0.878. The molecular formula is C16H24N2O. The molecule has 3 N–H and O–H groups in total. The van der Waals surface area contributed by atoms with Crippen molar-refractivity contribution in [3.05, 3.63) is 35.4 Å². The molecule has 0 saturated heterocycles. The molecule has 0 radical (unpaired) electrons. The fourth-order valence-corrected chi connectivity index (χ4v) is 2.74. The molecular weight excluding hydrogens is 236 g/mol. The number of carbonyl (C=O) groups excluding carboxylic acids is 1. The maximum atomic E-state index is 12.2. The van der Waals surface area contributed by atoms with Crippen LogP contribution >= 0.6 is 0 Å². The van der Waals surface area contributed by atoms with Crippen molar-refractivity contribution in [1.29, 1.82) is 0 Å². The monoisotopic (exact) mass is 260 g/mol. The predicted molar refractivity (Wildman–Crippen MR) is 77.7 cm³/mol. The van der Waals surface area contributed by atoms with Crippen LogP contribution in [0.3, 0.4) is 0 Å². The van der Waals surface area contributed by atoms with Crippen molar-refractivity contribution in [2.45, 2.75) is 51.6 Å². The first-order chi connectivity index (χ1) is 9.06. The Morgan fingerprint density at radius 3 is 2.63 bits per heavy atom. The first-order valence-electron chi connectivity index (χ1n) is 7.19. The standard InChI is InChI=1S/C16H24N2O/c1-11-6-8-13(9-7-11)12(2)18-16(19)14-4-3-5-15(17)10-14/h6-9,12,14-15H,3-5,10,17H2,1-2H3,(H,18,19)/t12-,14?,15?/m0/s1. The van der Waals surface area contributed by atoms with E-state index in [4.69, 9.17) is 5.73 Å². The third-order valence-electron chi connectivity index (χ3n) is 4.02. The summed E-state index contributed by atoms with van der Waals surface area (Å²) in [6.07, 6.45) is 3.92. The van der Waals surface area contributed by atoms with E-state index < -0.39 is 0 Å². The Balaban J connectivity index is 1.92. The van der Waals surface area contributed by atoms with Gasteiger partial charge in [0.05, 0.1) is 6.04 Å². The van der Waals surface area contributed by atoms with Gasteiger partial charge >= 0.3 is 0 Å². The largest absolute Gasteiger partial charge is 0.349 e. The molecule has 0 spiro atoms. The van der Waals surface area contributed by atoms with E-state index in [-0.39, 0.29) is 23.9 Å². The number of hydrogen-bond acceptors (Lipinski definition) is 2. The topological polar surface area (TPSA) is 55.1 Å². The van der Waals surface area contributed by atoms with Crippen LogP contribution < -0.4 is 11.1 Å². The van der Waals surface area contributed by atoms with Crippen LogP contribution in [0.25, 0.3) is 0 Å². The average Bonchev–Trinajstić information content (AvgIpc) is 2.39. The number of nitrogens with two attached hydrogens (primary N) is 1. The van der Waals surface area contributed by atoms with Crippen LogP contribution in [0.15, 0.2) is 24.3 Å². The molecule has 0 aromatic heterocycles. The van der Waals surface area contributed by atoms with Crippen molar-refractivity contribution in [2.24, 2.45) is 11.7 Å². The molecule has 0 bridgehead atoms. The van der Waals surface area contributed by atoms with E-state index in [2.05, 4.69) is 36.5 Å². The molecule has 1 saturated carbocycles. The summed E-state index contributed by atoms with van der Waals surface area (Å²) < 4.78 is 0. The summed E-state index contributed by atoms with van der Waals surface area (Å²) in [5, 5.41) is 3.11. The lowest BCUT2D eigenvalue weighted by molar-refractivity contribution is -0.126. The minimum absolute atomic E-state index is 0.0613. The Hall–Kier alpha value is -1.35. The van der Waals surface area contributed by atoms with Crippen molar-refractivity contribution in [3.8, 4) is 0 Å². The SMILES string of the molecule is Cc1ccc([C@H](C)NC(=O)C2CCCC(N)C2)cc1. The molecule has 19 heavy (non-hydrogen) atoms. The Bertz CT molecular complexity index is 427. The lowest BCUT2D eigenvalue weighted by Crippen LogP contribution is -2.38. The first kappa shape index (κ1) is 14.1. The zero-order valence-corrected chi connectivity index (χ0v) is 11.9. The van der Waals surface area contributed by atoms with Gasteiger partial charge in [-0.2, -0.15) is 0 Å². The van der Waals surface area contributed by atoms with Crippen LogP contribution in [0, 0.1) is 12.8 Å². The van der Waals surface area contributed by atoms with E-state index in [1.807, 2.05) is 6.92 Å². The van der Waals surface area contributed by atoms with Gasteiger partial charge in [0.2, 0.25) is 5.91 Å². The van der Waals surface area contributed by atoms with Gasteiger partial charge in [0, 0.05) is 12.0 Å². The average molecular weight is 260 g/mol. The van der Waals surface area contributed by atoms with Crippen LogP contribution in [-0.2, 0) is 4.79 Å². The predicted octanol–water partition coefficient (Wildman–Crippen LogP) is 2.69. The molecule has 3 nitrogen and oxygen atoms in total. The molecule has 3 atom stereocenters. The van der Waals surface area contributed by atoms with Crippen molar-refractivity contribution >= 4 is 5.91 Å². The highest BCUT2D eigenvalue weighted by molar-refractivity contribution is 5.79. The lowest BCUT2D eigenvalue weighted by Gasteiger charge is -2.27. The number of aryl methyl sites for hydroxylation is 1. The van der Waals surface area contributed by atoms with Gasteiger partial charge in [-0.15, -0.1) is 0 Å². The molecule has 3 heteroatoms. The zero-order valence-electron chi connectivity index (χ0n) is 11.9. The molecule has 1 aliphatic carbocycles. The fraction of sp³-hybridized carbons (Fsp3) is 0.562. The number of carbonyl (C=O) groups is 1. The molecule has 1 aromatic rings. The summed E-state index contributed by atoms with van der Waals surface area (Å²) in [5.41, 5.74) is 8.33. The van der Waals surface area contributed by atoms with Gasteiger partial charge in [0.15, 0.2) is 0 Å².